The van der Waals surface area contributed by atoms with Crippen molar-refractivity contribution in [2.24, 2.45) is 0 Å². The third-order valence-electron chi connectivity index (χ3n) is 1.72. The molecule has 1 aromatic heterocycles. The first-order chi connectivity index (χ1) is 7.27. The van der Waals surface area contributed by atoms with Gasteiger partial charge in [0.1, 0.15) is 11.5 Å². The van der Waals surface area contributed by atoms with E-state index in [0.717, 1.165) is 0 Å². The molecule has 0 amide bonds. The topological polar surface area (TPSA) is 12.9 Å². The van der Waals surface area contributed by atoms with Crippen LogP contribution in [-0.4, -0.2) is 4.98 Å². The predicted octanol–water partition coefficient (Wildman–Crippen LogP) is 3.92. The number of pyridine rings is 1. The minimum atomic E-state index is -5.08. The molecule has 0 fully saturated rings. The van der Waals surface area contributed by atoms with Gasteiger partial charge in [0.2, 0.25) is 0 Å². The molecule has 0 bridgehead atoms. The summed E-state index contributed by atoms with van der Waals surface area (Å²) in [6.45, 7) is 0. The normalized spacial score (nSPS) is 12.2. The summed E-state index contributed by atoms with van der Waals surface area (Å²) >= 11 is 5.15. The van der Waals surface area contributed by atoms with E-state index in [1.54, 1.807) is 0 Å². The van der Waals surface area contributed by atoms with Crippen molar-refractivity contribution < 1.29 is 26.3 Å². The Morgan fingerprint density at radius 3 is 2.25 bits per heavy atom. The second-order valence-corrected chi connectivity index (χ2v) is 3.05. The first-order valence-electron chi connectivity index (χ1n) is 3.88. The first kappa shape index (κ1) is 13.1. The molecule has 1 aromatic rings. The van der Waals surface area contributed by atoms with Crippen LogP contribution in [0, 0.1) is 5.82 Å². The molecule has 0 atom stereocenters. The van der Waals surface area contributed by atoms with Gasteiger partial charge in [0.25, 0.3) is 6.43 Å². The monoisotopic (exact) mass is 263 g/mol. The highest BCUT2D eigenvalue weighted by Gasteiger charge is 2.37. The van der Waals surface area contributed by atoms with Gasteiger partial charge in [0, 0.05) is 0 Å². The van der Waals surface area contributed by atoms with Gasteiger partial charge in [-0.3, -0.25) is 0 Å². The van der Waals surface area contributed by atoms with Crippen molar-refractivity contribution in [2.45, 2.75) is 18.5 Å². The smallest absolute Gasteiger partial charge is 0.247 e. The van der Waals surface area contributed by atoms with Crippen LogP contribution in [0.5, 0.6) is 0 Å². The van der Waals surface area contributed by atoms with Crippen LogP contribution in [0.1, 0.15) is 23.4 Å². The molecule has 0 unspecified atom stereocenters. The molecule has 0 aromatic carbocycles. The molecule has 0 saturated carbocycles. The molecule has 0 aliphatic carbocycles. The zero-order chi connectivity index (χ0) is 12.5. The van der Waals surface area contributed by atoms with Crippen LogP contribution < -0.4 is 0 Å². The lowest BCUT2D eigenvalue weighted by molar-refractivity contribution is -0.140. The zero-order valence-electron chi connectivity index (χ0n) is 7.45. The molecule has 1 rings (SSSR count). The minimum absolute atomic E-state index is 0.0216. The van der Waals surface area contributed by atoms with Crippen molar-refractivity contribution in [1.82, 2.24) is 4.98 Å². The summed E-state index contributed by atoms with van der Waals surface area (Å²) < 4.78 is 74.2. The van der Waals surface area contributed by atoms with Gasteiger partial charge in [0.15, 0.2) is 0 Å². The lowest BCUT2D eigenvalue weighted by Gasteiger charge is -2.12. The van der Waals surface area contributed by atoms with Gasteiger partial charge in [-0.15, -0.1) is 11.6 Å². The molecule has 90 valence electrons. The highest BCUT2D eigenvalue weighted by atomic mass is 35.5. The van der Waals surface area contributed by atoms with E-state index in [-0.39, 0.29) is 6.07 Å². The zero-order valence-corrected chi connectivity index (χ0v) is 8.21. The van der Waals surface area contributed by atoms with E-state index in [4.69, 9.17) is 11.6 Å². The third-order valence-corrected chi connectivity index (χ3v) is 1.97. The molecule has 1 heterocycles. The molecule has 0 saturated heterocycles. The van der Waals surface area contributed by atoms with Gasteiger partial charge in [0.05, 0.1) is 17.1 Å². The average Bonchev–Trinajstić information content (AvgIpc) is 2.15. The minimum Gasteiger partial charge on any atom is -0.247 e. The van der Waals surface area contributed by atoms with Crippen LogP contribution in [0.3, 0.4) is 0 Å². The summed E-state index contributed by atoms with van der Waals surface area (Å²) in [4.78, 5) is 2.88. The Bertz CT molecular complexity index is 389. The van der Waals surface area contributed by atoms with Crippen LogP contribution in [0.4, 0.5) is 26.3 Å². The quantitative estimate of drug-likeness (QED) is 0.582. The van der Waals surface area contributed by atoms with E-state index in [1.807, 2.05) is 0 Å². The van der Waals surface area contributed by atoms with Crippen LogP contribution in [-0.2, 0) is 12.1 Å². The number of aromatic nitrogens is 1. The summed E-state index contributed by atoms with van der Waals surface area (Å²) in [6.07, 6.45) is -8.52. The van der Waals surface area contributed by atoms with Crippen molar-refractivity contribution in [1.29, 1.82) is 0 Å². The SMILES string of the molecule is Fc1cc(C(F)(F)F)c(C(F)F)nc1CCl. The van der Waals surface area contributed by atoms with Gasteiger partial charge in [-0.05, 0) is 6.07 Å². The van der Waals surface area contributed by atoms with Gasteiger partial charge < -0.3 is 0 Å². The summed E-state index contributed by atoms with van der Waals surface area (Å²) in [5.41, 5.74) is -3.93. The second kappa shape index (κ2) is 4.48. The second-order valence-electron chi connectivity index (χ2n) is 2.78. The van der Waals surface area contributed by atoms with Crippen LogP contribution in [0.25, 0.3) is 0 Å². The molecular weight excluding hydrogens is 260 g/mol. The van der Waals surface area contributed by atoms with Gasteiger partial charge in [-0.1, -0.05) is 0 Å². The molecule has 0 aliphatic heterocycles. The Hall–Kier alpha value is -0.980. The molecule has 16 heavy (non-hydrogen) atoms. The van der Waals surface area contributed by atoms with Crippen LogP contribution >= 0.6 is 11.6 Å². The highest BCUT2D eigenvalue weighted by Crippen LogP contribution is 2.36. The van der Waals surface area contributed by atoms with Crippen molar-refractivity contribution in [3.05, 3.63) is 28.8 Å². The van der Waals surface area contributed by atoms with Gasteiger partial charge in [-0.2, -0.15) is 13.2 Å². The fourth-order valence-corrected chi connectivity index (χ4v) is 1.22. The van der Waals surface area contributed by atoms with Crippen LogP contribution in [0.2, 0.25) is 0 Å². The maximum absolute atomic E-state index is 12.9. The van der Waals surface area contributed by atoms with Gasteiger partial charge in [-0.25, -0.2) is 18.2 Å². The van der Waals surface area contributed by atoms with E-state index < -0.39 is 41.3 Å². The Balaban J connectivity index is 3.42. The number of alkyl halides is 6. The maximum atomic E-state index is 12.9. The maximum Gasteiger partial charge on any atom is 0.418 e. The fourth-order valence-electron chi connectivity index (χ4n) is 1.03. The van der Waals surface area contributed by atoms with Crippen molar-refractivity contribution in [2.75, 3.05) is 0 Å². The van der Waals surface area contributed by atoms with E-state index in [1.165, 1.54) is 0 Å². The number of halogens is 7. The summed E-state index contributed by atoms with van der Waals surface area (Å²) in [5, 5.41) is 0. The number of hydrogen-bond acceptors (Lipinski definition) is 1. The number of nitrogens with zero attached hydrogens (tertiary/aromatic N) is 1. The Morgan fingerprint density at radius 1 is 1.31 bits per heavy atom. The molecule has 1 nitrogen and oxygen atoms in total. The standard InChI is InChI=1S/C8H4ClF6N/c9-2-5-4(10)1-3(8(13,14)15)6(16-5)7(11)12/h1,7H,2H2. The largest absolute Gasteiger partial charge is 0.418 e. The molecule has 0 spiro atoms. The average molecular weight is 264 g/mol. The van der Waals surface area contributed by atoms with E-state index >= 15 is 0 Å². The van der Waals surface area contributed by atoms with E-state index in [2.05, 4.69) is 4.98 Å². The first-order valence-corrected chi connectivity index (χ1v) is 4.41. The fraction of sp³-hybridized carbons (Fsp3) is 0.375. The molecule has 0 radical (unpaired) electrons. The molecule has 0 N–H and O–H groups in total. The van der Waals surface area contributed by atoms with Gasteiger partial charge >= 0.3 is 6.18 Å². The Kier molecular flexibility index (Phi) is 3.67. The predicted molar refractivity (Wildman–Crippen MR) is 43.7 cm³/mol. The van der Waals surface area contributed by atoms with Crippen LogP contribution in [0.15, 0.2) is 6.07 Å². The Morgan fingerprint density at radius 2 is 1.88 bits per heavy atom. The molecule has 8 heteroatoms. The summed E-state index contributed by atoms with van der Waals surface area (Å²) in [7, 11) is 0. The lowest BCUT2D eigenvalue weighted by atomic mass is 10.1. The molecular formula is C8H4ClF6N. The summed E-state index contributed by atoms with van der Waals surface area (Å²) in [6, 6.07) is -0.0216. The van der Waals surface area contributed by atoms with E-state index in [9.17, 15) is 26.3 Å². The highest BCUT2D eigenvalue weighted by molar-refractivity contribution is 6.16. The number of rotatable bonds is 2. The molecule has 0 aliphatic rings. The van der Waals surface area contributed by atoms with E-state index in [0.29, 0.717) is 0 Å². The Labute approximate surface area is 91.0 Å². The lowest BCUT2D eigenvalue weighted by Crippen LogP contribution is -2.13. The summed E-state index contributed by atoms with van der Waals surface area (Å²) in [5.74, 6) is -1.93. The third kappa shape index (κ3) is 2.58. The van der Waals surface area contributed by atoms with Crippen molar-refractivity contribution in [3.63, 3.8) is 0 Å². The number of hydrogen-bond donors (Lipinski definition) is 0. The van der Waals surface area contributed by atoms with Crippen molar-refractivity contribution >= 4 is 11.6 Å². The van der Waals surface area contributed by atoms with Crippen molar-refractivity contribution in [3.8, 4) is 0 Å².